The molecule has 0 radical (unpaired) electrons. The summed E-state index contributed by atoms with van der Waals surface area (Å²) in [6, 6.07) is 11.9. The summed E-state index contributed by atoms with van der Waals surface area (Å²) in [7, 11) is 1.82. The summed E-state index contributed by atoms with van der Waals surface area (Å²) >= 11 is 0. The van der Waals surface area contributed by atoms with Gasteiger partial charge in [0, 0.05) is 26.1 Å². The summed E-state index contributed by atoms with van der Waals surface area (Å²) in [4.78, 5) is 12.2. The Labute approximate surface area is 167 Å². The van der Waals surface area contributed by atoms with Crippen molar-refractivity contribution in [3.8, 4) is 11.6 Å². The van der Waals surface area contributed by atoms with E-state index in [1.807, 2.05) is 50.4 Å². The molecule has 0 saturated carbocycles. The van der Waals surface area contributed by atoms with Gasteiger partial charge in [0.25, 0.3) is 5.89 Å². The highest BCUT2D eigenvalue weighted by atomic mass is 16.4. The average molecular weight is 391 g/mol. The Morgan fingerprint density at radius 2 is 2.03 bits per heavy atom. The van der Waals surface area contributed by atoms with Gasteiger partial charge in [0.05, 0.1) is 24.1 Å². The molecule has 0 atom stereocenters. The molecule has 0 fully saturated rings. The van der Waals surface area contributed by atoms with Gasteiger partial charge in [0.2, 0.25) is 11.8 Å². The van der Waals surface area contributed by atoms with Crippen LogP contribution in [0, 0.1) is 6.92 Å². The standard InChI is InChI=1S/C20H21N7O2/c1-14-10-17(26(2)25-14)20-24-23-19(29-20)9-8-18(28)22-16-11-21-27(13-16)12-15-6-4-3-5-7-15/h3-7,10-11,13H,8-9,12H2,1-2H3,(H,22,28). The van der Waals surface area contributed by atoms with Crippen LogP contribution < -0.4 is 5.32 Å². The van der Waals surface area contributed by atoms with Crippen molar-refractivity contribution in [1.29, 1.82) is 0 Å². The Hall–Kier alpha value is -3.75. The number of carbonyl (C=O) groups excluding carboxylic acids is 1. The minimum absolute atomic E-state index is 0.139. The summed E-state index contributed by atoms with van der Waals surface area (Å²) in [6.07, 6.45) is 4.03. The quantitative estimate of drug-likeness (QED) is 0.519. The number of hydrogen-bond acceptors (Lipinski definition) is 6. The molecular formula is C20H21N7O2. The van der Waals surface area contributed by atoms with Gasteiger partial charge < -0.3 is 9.73 Å². The van der Waals surface area contributed by atoms with Crippen LogP contribution in [0.5, 0.6) is 0 Å². The minimum atomic E-state index is -0.139. The van der Waals surface area contributed by atoms with E-state index in [-0.39, 0.29) is 12.3 Å². The summed E-state index contributed by atoms with van der Waals surface area (Å²) in [5.74, 6) is 0.667. The molecule has 9 nitrogen and oxygen atoms in total. The molecule has 0 aliphatic rings. The number of amides is 1. The second kappa shape index (κ2) is 8.09. The average Bonchev–Trinajstić information content (AvgIpc) is 3.41. The molecule has 0 saturated heterocycles. The lowest BCUT2D eigenvalue weighted by Gasteiger charge is -2.02. The van der Waals surface area contributed by atoms with Crippen molar-refractivity contribution in [1.82, 2.24) is 29.8 Å². The molecule has 0 spiro atoms. The predicted molar refractivity (Wildman–Crippen MR) is 106 cm³/mol. The number of nitrogens with zero attached hydrogens (tertiary/aromatic N) is 6. The number of nitrogens with one attached hydrogen (secondary N) is 1. The number of aromatic nitrogens is 6. The number of carbonyl (C=O) groups is 1. The topological polar surface area (TPSA) is 104 Å². The van der Waals surface area contributed by atoms with E-state index in [1.54, 1.807) is 21.8 Å². The van der Waals surface area contributed by atoms with E-state index in [9.17, 15) is 4.79 Å². The maximum absolute atomic E-state index is 12.2. The predicted octanol–water partition coefficient (Wildman–Crippen LogP) is 2.59. The van der Waals surface area contributed by atoms with Crippen molar-refractivity contribution in [3.05, 3.63) is 65.9 Å². The third kappa shape index (κ3) is 4.57. The molecule has 9 heteroatoms. The van der Waals surface area contributed by atoms with Gasteiger partial charge in [-0.25, -0.2) is 0 Å². The lowest BCUT2D eigenvalue weighted by Crippen LogP contribution is -2.12. The summed E-state index contributed by atoms with van der Waals surface area (Å²) in [5.41, 5.74) is 3.41. The lowest BCUT2D eigenvalue weighted by atomic mass is 10.2. The van der Waals surface area contributed by atoms with E-state index in [0.29, 0.717) is 30.4 Å². The molecule has 0 aliphatic carbocycles. The van der Waals surface area contributed by atoms with Crippen molar-refractivity contribution in [2.75, 3.05) is 5.32 Å². The Bertz CT molecular complexity index is 1110. The SMILES string of the molecule is Cc1cc(-c2nnc(CCC(=O)Nc3cnn(Cc4ccccc4)c3)o2)n(C)n1. The number of benzene rings is 1. The first-order chi connectivity index (χ1) is 14.1. The molecule has 4 rings (SSSR count). The molecular weight excluding hydrogens is 370 g/mol. The fourth-order valence-corrected chi connectivity index (χ4v) is 3.00. The molecule has 1 aromatic carbocycles. The van der Waals surface area contributed by atoms with Gasteiger partial charge in [0.1, 0.15) is 5.69 Å². The smallest absolute Gasteiger partial charge is 0.265 e. The summed E-state index contributed by atoms with van der Waals surface area (Å²) < 4.78 is 9.13. The maximum atomic E-state index is 12.2. The van der Waals surface area contributed by atoms with Gasteiger partial charge in [-0.3, -0.25) is 14.2 Å². The van der Waals surface area contributed by atoms with E-state index < -0.39 is 0 Å². The monoisotopic (exact) mass is 391 g/mol. The second-order valence-electron chi connectivity index (χ2n) is 6.76. The zero-order chi connectivity index (χ0) is 20.2. The molecule has 148 valence electrons. The van der Waals surface area contributed by atoms with E-state index in [1.165, 1.54) is 0 Å². The Morgan fingerprint density at radius 3 is 2.79 bits per heavy atom. The van der Waals surface area contributed by atoms with E-state index in [4.69, 9.17) is 4.42 Å². The first kappa shape index (κ1) is 18.6. The molecule has 0 aliphatic heterocycles. The van der Waals surface area contributed by atoms with Crippen LogP contribution in [-0.4, -0.2) is 35.7 Å². The molecule has 1 amide bonds. The van der Waals surface area contributed by atoms with Crippen LogP contribution in [0.3, 0.4) is 0 Å². The van der Waals surface area contributed by atoms with Crippen molar-refractivity contribution < 1.29 is 9.21 Å². The highest BCUT2D eigenvalue weighted by Crippen LogP contribution is 2.18. The van der Waals surface area contributed by atoms with Gasteiger partial charge in [-0.05, 0) is 18.6 Å². The molecule has 3 aromatic heterocycles. The Balaban J connectivity index is 1.30. The zero-order valence-corrected chi connectivity index (χ0v) is 16.2. The van der Waals surface area contributed by atoms with Crippen molar-refractivity contribution in [2.45, 2.75) is 26.3 Å². The van der Waals surface area contributed by atoms with Gasteiger partial charge >= 0.3 is 0 Å². The Morgan fingerprint density at radius 1 is 1.21 bits per heavy atom. The molecule has 4 aromatic rings. The largest absolute Gasteiger partial charge is 0.419 e. The van der Waals surface area contributed by atoms with Crippen LogP contribution in [-0.2, 0) is 24.8 Å². The zero-order valence-electron chi connectivity index (χ0n) is 16.2. The third-order valence-electron chi connectivity index (χ3n) is 4.36. The van der Waals surface area contributed by atoms with Crippen LogP contribution >= 0.6 is 0 Å². The second-order valence-corrected chi connectivity index (χ2v) is 6.76. The minimum Gasteiger partial charge on any atom is -0.419 e. The fraction of sp³-hybridized carbons (Fsp3) is 0.250. The van der Waals surface area contributed by atoms with Crippen molar-refractivity contribution >= 4 is 11.6 Å². The van der Waals surface area contributed by atoms with Crippen LogP contribution in [0.4, 0.5) is 5.69 Å². The first-order valence-electron chi connectivity index (χ1n) is 9.26. The molecule has 1 N–H and O–H groups in total. The van der Waals surface area contributed by atoms with Crippen LogP contribution in [0.25, 0.3) is 11.6 Å². The number of aryl methyl sites for hydroxylation is 3. The fourth-order valence-electron chi connectivity index (χ4n) is 3.00. The van der Waals surface area contributed by atoms with Gasteiger partial charge in [-0.1, -0.05) is 30.3 Å². The van der Waals surface area contributed by atoms with Gasteiger partial charge in [-0.2, -0.15) is 10.2 Å². The van der Waals surface area contributed by atoms with Gasteiger partial charge in [-0.15, -0.1) is 10.2 Å². The highest BCUT2D eigenvalue weighted by molar-refractivity contribution is 5.90. The molecule has 3 heterocycles. The molecule has 29 heavy (non-hydrogen) atoms. The van der Waals surface area contributed by atoms with E-state index >= 15 is 0 Å². The van der Waals surface area contributed by atoms with Gasteiger partial charge in [0.15, 0.2) is 0 Å². The third-order valence-corrected chi connectivity index (χ3v) is 4.36. The number of rotatable bonds is 7. The highest BCUT2D eigenvalue weighted by Gasteiger charge is 2.14. The summed E-state index contributed by atoms with van der Waals surface area (Å²) in [5, 5.41) is 19.5. The number of anilines is 1. The molecule has 0 bridgehead atoms. The Kier molecular flexibility index (Phi) is 5.19. The van der Waals surface area contributed by atoms with Crippen LogP contribution in [0.1, 0.15) is 23.6 Å². The van der Waals surface area contributed by atoms with E-state index in [2.05, 4.69) is 25.7 Å². The lowest BCUT2D eigenvalue weighted by molar-refractivity contribution is -0.116. The molecule has 0 unspecified atom stereocenters. The van der Waals surface area contributed by atoms with Crippen molar-refractivity contribution in [2.24, 2.45) is 7.05 Å². The van der Waals surface area contributed by atoms with Crippen molar-refractivity contribution in [3.63, 3.8) is 0 Å². The summed E-state index contributed by atoms with van der Waals surface area (Å²) in [6.45, 7) is 2.54. The van der Waals surface area contributed by atoms with E-state index in [0.717, 1.165) is 17.0 Å². The van der Waals surface area contributed by atoms with Crippen LogP contribution in [0.15, 0.2) is 53.2 Å². The van der Waals surface area contributed by atoms with Crippen LogP contribution in [0.2, 0.25) is 0 Å². The maximum Gasteiger partial charge on any atom is 0.265 e. The number of hydrogen-bond donors (Lipinski definition) is 1. The normalized spacial score (nSPS) is 11.0. The first-order valence-corrected chi connectivity index (χ1v) is 9.26.